The van der Waals surface area contributed by atoms with E-state index in [9.17, 15) is 9.59 Å². The van der Waals surface area contributed by atoms with Crippen LogP contribution in [0.5, 0.6) is 5.75 Å². The first-order valence-corrected chi connectivity index (χ1v) is 13.0. The predicted octanol–water partition coefficient (Wildman–Crippen LogP) is 6.06. The van der Waals surface area contributed by atoms with Crippen molar-refractivity contribution in [1.82, 2.24) is 10.2 Å². The molecule has 0 saturated carbocycles. The molecule has 0 bridgehead atoms. The van der Waals surface area contributed by atoms with Gasteiger partial charge in [0.25, 0.3) is 0 Å². The Bertz CT molecular complexity index is 1080. The number of nitrogens with zero attached hydrogens (tertiary/aromatic N) is 1. The maximum atomic E-state index is 13.6. The summed E-state index contributed by atoms with van der Waals surface area (Å²) in [5, 5.41) is 3.61. The summed E-state index contributed by atoms with van der Waals surface area (Å²) >= 11 is 6.46. The van der Waals surface area contributed by atoms with Crippen LogP contribution in [0.3, 0.4) is 0 Å². The third-order valence-electron chi connectivity index (χ3n) is 5.95. The fourth-order valence-corrected chi connectivity index (χ4v) is 4.14. The number of amides is 2. The van der Waals surface area contributed by atoms with Crippen LogP contribution in [0.15, 0.2) is 84.9 Å². The summed E-state index contributed by atoms with van der Waals surface area (Å²) in [6.45, 7) is 3.34. The molecule has 1 N–H and O–H groups in total. The normalized spacial score (nSPS) is 11.5. The Balaban J connectivity index is 1.79. The highest BCUT2D eigenvalue weighted by molar-refractivity contribution is 6.31. The minimum absolute atomic E-state index is 0.0989. The quantitative estimate of drug-likeness (QED) is 0.270. The third kappa shape index (κ3) is 8.72. The van der Waals surface area contributed by atoms with E-state index in [-0.39, 0.29) is 24.8 Å². The van der Waals surface area contributed by atoms with E-state index in [1.54, 1.807) is 11.0 Å². The van der Waals surface area contributed by atoms with Crippen LogP contribution in [-0.4, -0.2) is 35.9 Å². The number of carbonyl (C=O) groups excluding carboxylic acids is 2. The van der Waals surface area contributed by atoms with Gasteiger partial charge in [-0.05, 0) is 42.2 Å². The van der Waals surface area contributed by atoms with Gasteiger partial charge in [0.2, 0.25) is 11.8 Å². The molecule has 2 amide bonds. The average molecular weight is 507 g/mol. The second kappa shape index (κ2) is 14.9. The minimum atomic E-state index is -0.650. The zero-order chi connectivity index (χ0) is 25.6. The lowest BCUT2D eigenvalue weighted by Gasteiger charge is -2.32. The van der Waals surface area contributed by atoms with Gasteiger partial charge in [-0.1, -0.05) is 91.7 Å². The second-order valence-electron chi connectivity index (χ2n) is 8.73. The Morgan fingerprint density at radius 3 is 2.28 bits per heavy atom. The van der Waals surface area contributed by atoms with Crippen LogP contribution in [0.2, 0.25) is 5.02 Å². The summed E-state index contributed by atoms with van der Waals surface area (Å²) in [6.07, 6.45) is 3.11. The molecule has 0 saturated heterocycles. The molecule has 0 radical (unpaired) electrons. The van der Waals surface area contributed by atoms with Gasteiger partial charge >= 0.3 is 0 Å². The Labute approximate surface area is 219 Å². The van der Waals surface area contributed by atoms with E-state index in [4.69, 9.17) is 16.3 Å². The molecule has 0 aliphatic heterocycles. The van der Waals surface area contributed by atoms with Gasteiger partial charge in [0.1, 0.15) is 11.8 Å². The average Bonchev–Trinajstić information content (AvgIpc) is 2.91. The lowest BCUT2D eigenvalue weighted by molar-refractivity contribution is -0.141. The van der Waals surface area contributed by atoms with Gasteiger partial charge < -0.3 is 15.0 Å². The van der Waals surface area contributed by atoms with Crippen molar-refractivity contribution < 1.29 is 14.3 Å². The van der Waals surface area contributed by atoms with Crippen molar-refractivity contribution in [2.45, 2.75) is 51.6 Å². The summed E-state index contributed by atoms with van der Waals surface area (Å²) in [5.41, 5.74) is 1.81. The van der Waals surface area contributed by atoms with Crippen LogP contribution < -0.4 is 10.1 Å². The number of rotatable bonds is 14. The van der Waals surface area contributed by atoms with Gasteiger partial charge in [-0.15, -0.1) is 0 Å². The van der Waals surface area contributed by atoms with Gasteiger partial charge in [0, 0.05) is 31.0 Å². The molecule has 5 nitrogen and oxygen atoms in total. The van der Waals surface area contributed by atoms with Gasteiger partial charge in [-0.3, -0.25) is 9.59 Å². The van der Waals surface area contributed by atoms with Gasteiger partial charge in [-0.2, -0.15) is 0 Å². The Kier molecular flexibility index (Phi) is 11.3. The van der Waals surface area contributed by atoms with Gasteiger partial charge in [0.05, 0.1) is 6.61 Å². The van der Waals surface area contributed by atoms with Crippen molar-refractivity contribution in [2.75, 3.05) is 13.2 Å². The van der Waals surface area contributed by atoms with Crippen LogP contribution >= 0.6 is 11.6 Å². The fourth-order valence-electron chi connectivity index (χ4n) is 3.94. The number of nitrogens with one attached hydrogen (secondary N) is 1. The van der Waals surface area contributed by atoms with Crippen LogP contribution in [0.1, 0.15) is 43.7 Å². The topological polar surface area (TPSA) is 58.6 Å². The number of ether oxygens (including phenoxy) is 1. The van der Waals surface area contributed by atoms with E-state index >= 15 is 0 Å². The summed E-state index contributed by atoms with van der Waals surface area (Å²) in [6, 6.07) is 26.2. The van der Waals surface area contributed by atoms with E-state index in [0.29, 0.717) is 31.0 Å². The van der Waals surface area contributed by atoms with Crippen molar-refractivity contribution in [2.24, 2.45) is 0 Å². The highest BCUT2D eigenvalue weighted by atomic mass is 35.5. The predicted molar refractivity (Wildman–Crippen MR) is 145 cm³/mol. The number of hydrogen-bond acceptors (Lipinski definition) is 3. The SMILES string of the molecule is CCCCNC(=O)[C@@H](Cc1ccccc1)N(Cc1ccccc1Cl)C(=O)CCCOc1ccccc1. The number of halogens is 1. The van der Waals surface area contributed by atoms with E-state index in [1.165, 1.54) is 0 Å². The van der Waals surface area contributed by atoms with E-state index < -0.39 is 6.04 Å². The molecular weight excluding hydrogens is 472 g/mol. The zero-order valence-electron chi connectivity index (χ0n) is 20.9. The highest BCUT2D eigenvalue weighted by Crippen LogP contribution is 2.21. The molecule has 0 unspecified atom stereocenters. The molecule has 3 aromatic carbocycles. The van der Waals surface area contributed by atoms with E-state index in [2.05, 4.69) is 12.2 Å². The molecular formula is C30H35ClN2O3. The molecule has 0 fully saturated rings. The molecule has 1 atom stereocenters. The first kappa shape index (κ1) is 27.3. The van der Waals surface area contributed by atoms with Crippen LogP contribution in [0, 0.1) is 0 Å². The molecule has 3 rings (SSSR count). The first-order chi connectivity index (χ1) is 17.6. The number of carbonyl (C=O) groups is 2. The second-order valence-corrected chi connectivity index (χ2v) is 9.14. The molecule has 6 heteroatoms. The summed E-state index contributed by atoms with van der Waals surface area (Å²) in [4.78, 5) is 28.7. The molecule has 3 aromatic rings. The summed E-state index contributed by atoms with van der Waals surface area (Å²) in [5.74, 6) is 0.529. The van der Waals surface area contributed by atoms with Crippen LogP contribution in [-0.2, 0) is 22.6 Å². The molecule has 0 heterocycles. The Morgan fingerprint density at radius 2 is 1.58 bits per heavy atom. The molecule has 0 spiro atoms. The Hall–Kier alpha value is -3.31. The number of benzene rings is 3. The van der Waals surface area contributed by atoms with Crippen molar-refractivity contribution in [1.29, 1.82) is 0 Å². The third-order valence-corrected chi connectivity index (χ3v) is 6.31. The van der Waals surface area contributed by atoms with Crippen molar-refractivity contribution >= 4 is 23.4 Å². The summed E-state index contributed by atoms with van der Waals surface area (Å²) in [7, 11) is 0. The number of hydrogen-bond donors (Lipinski definition) is 1. The molecule has 0 aliphatic rings. The minimum Gasteiger partial charge on any atom is -0.494 e. The Morgan fingerprint density at radius 1 is 0.917 bits per heavy atom. The van der Waals surface area contributed by atoms with E-state index in [1.807, 2.05) is 78.9 Å². The summed E-state index contributed by atoms with van der Waals surface area (Å²) < 4.78 is 5.77. The molecule has 0 aliphatic carbocycles. The maximum absolute atomic E-state index is 13.6. The molecule has 36 heavy (non-hydrogen) atoms. The standard InChI is InChI=1S/C30H35ClN2O3/c1-2-3-20-32-30(35)28(22-24-13-6-4-7-14-24)33(23-25-15-10-11-18-27(25)31)29(34)19-12-21-36-26-16-8-5-9-17-26/h4-11,13-18,28H,2-3,12,19-23H2,1H3,(H,32,35)/t28-/m1/s1. The lowest BCUT2D eigenvalue weighted by atomic mass is 10.0. The van der Waals surface area contributed by atoms with E-state index in [0.717, 1.165) is 29.7 Å². The maximum Gasteiger partial charge on any atom is 0.243 e. The highest BCUT2D eigenvalue weighted by Gasteiger charge is 2.30. The van der Waals surface area contributed by atoms with Crippen LogP contribution in [0.4, 0.5) is 0 Å². The largest absolute Gasteiger partial charge is 0.494 e. The number of para-hydroxylation sites is 1. The monoisotopic (exact) mass is 506 g/mol. The fraction of sp³-hybridized carbons (Fsp3) is 0.333. The zero-order valence-corrected chi connectivity index (χ0v) is 21.6. The van der Waals surface area contributed by atoms with Crippen LogP contribution in [0.25, 0.3) is 0 Å². The van der Waals surface area contributed by atoms with Gasteiger partial charge in [0.15, 0.2) is 0 Å². The smallest absolute Gasteiger partial charge is 0.243 e. The lowest BCUT2D eigenvalue weighted by Crippen LogP contribution is -2.50. The van der Waals surface area contributed by atoms with Crippen molar-refractivity contribution in [3.8, 4) is 5.75 Å². The number of unbranched alkanes of at least 4 members (excludes halogenated alkanes) is 1. The molecule has 190 valence electrons. The molecule has 0 aromatic heterocycles. The van der Waals surface area contributed by atoms with Gasteiger partial charge in [-0.25, -0.2) is 0 Å². The first-order valence-electron chi connectivity index (χ1n) is 12.6. The van der Waals surface area contributed by atoms with Crippen molar-refractivity contribution in [3.05, 3.63) is 101 Å². The van der Waals surface area contributed by atoms with Crippen molar-refractivity contribution in [3.63, 3.8) is 0 Å².